The van der Waals surface area contributed by atoms with E-state index in [2.05, 4.69) is 0 Å². The van der Waals surface area contributed by atoms with Gasteiger partial charge in [0.2, 0.25) is 5.90 Å². The first kappa shape index (κ1) is 13.4. The summed E-state index contributed by atoms with van der Waals surface area (Å²) in [6.45, 7) is 5.00. The minimum absolute atomic E-state index is 0.150. The summed E-state index contributed by atoms with van der Waals surface area (Å²) in [6.07, 6.45) is 0.927. The van der Waals surface area contributed by atoms with Gasteiger partial charge in [0.15, 0.2) is 11.5 Å². The highest BCUT2D eigenvalue weighted by atomic mass is 16.5. The van der Waals surface area contributed by atoms with Crippen LogP contribution in [0.25, 0.3) is 0 Å². The molecule has 0 heterocycles. The highest BCUT2D eigenvalue weighted by molar-refractivity contribution is 5.92. The maximum atomic E-state index is 7.71. The number of rotatable bonds is 6. The van der Waals surface area contributed by atoms with Gasteiger partial charge in [-0.2, -0.15) is 0 Å². The summed E-state index contributed by atoms with van der Waals surface area (Å²) in [5, 5.41) is 7.71. The summed E-state index contributed by atoms with van der Waals surface area (Å²) in [5.74, 6) is 1.47. The Bertz CT molecular complexity index is 377. The molecule has 0 saturated carbocycles. The summed E-state index contributed by atoms with van der Waals surface area (Å²) in [7, 11) is 1.60. The van der Waals surface area contributed by atoms with Crippen molar-refractivity contribution < 1.29 is 14.2 Å². The average Bonchev–Trinajstić information content (AvgIpc) is 2.36. The van der Waals surface area contributed by atoms with Crippen LogP contribution in [0.15, 0.2) is 18.2 Å². The van der Waals surface area contributed by atoms with E-state index in [0.717, 1.165) is 6.42 Å². The lowest BCUT2D eigenvalue weighted by Gasteiger charge is -2.12. The van der Waals surface area contributed by atoms with Crippen LogP contribution in [0.4, 0.5) is 0 Å². The summed E-state index contributed by atoms with van der Waals surface area (Å²) >= 11 is 0. The third-order valence-corrected chi connectivity index (χ3v) is 2.18. The Kier molecular flexibility index (Phi) is 5.33. The van der Waals surface area contributed by atoms with Crippen LogP contribution in [-0.2, 0) is 4.74 Å². The molecule has 0 bridgehead atoms. The minimum Gasteiger partial charge on any atom is -0.493 e. The molecule has 0 aromatic heterocycles. The maximum absolute atomic E-state index is 7.71. The molecule has 1 N–H and O–H groups in total. The molecule has 17 heavy (non-hydrogen) atoms. The molecular formula is C13H19NO3. The number of nitrogens with one attached hydrogen (secondary N) is 1. The highest BCUT2D eigenvalue weighted by Crippen LogP contribution is 2.28. The van der Waals surface area contributed by atoms with Gasteiger partial charge in [-0.3, -0.25) is 5.41 Å². The van der Waals surface area contributed by atoms with Crippen molar-refractivity contribution in [3.63, 3.8) is 0 Å². The molecule has 4 nitrogen and oxygen atoms in total. The average molecular weight is 237 g/mol. The van der Waals surface area contributed by atoms with Crippen molar-refractivity contribution in [2.24, 2.45) is 0 Å². The topological polar surface area (TPSA) is 51.5 Å². The normalized spacial score (nSPS) is 9.82. The smallest absolute Gasteiger partial charge is 0.213 e. The quantitative estimate of drug-likeness (QED) is 0.611. The van der Waals surface area contributed by atoms with Crippen molar-refractivity contribution in [3.05, 3.63) is 23.8 Å². The zero-order valence-electron chi connectivity index (χ0n) is 10.6. The van der Waals surface area contributed by atoms with Crippen molar-refractivity contribution >= 4 is 5.90 Å². The molecule has 1 aromatic carbocycles. The first-order chi connectivity index (χ1) is 8.22. The van der Waals surface area contributed by atoms with Crippen LogP contribution >= 0.6 is 0 Å². The lowest BCUT2D eigenvalue weighted by Crippen LogP contribution is -2.06. The van der Waals surface area contributed by atoms with Crippen molar-refractivity contribution in [1.29, 1.82) is 5.41 Å². The zero-order valence-corrected chi connectivity index (χ0v) is 10.6. The second-order valence-electron chi connectivity index (χ2n) is 3.48. The van der Waals surface area contributed by atoms with Crippen LogP contribution in [0.2, 0.25) is 0 Å². The van der Waals surface area contributed by atoms with Gasteiger partial charge in [0.05, 0.1) is 20.3 Å². The van der Waals surface area contributed by atoms with Crippen molar-refractivity contribution in [3.8, 4) is 11.5 Å². The van der Waals surface area contributed by atoms with E-state index in [9.17, 15) is 0 Å². The first-order valence-electron chi connectivity index (χ1n) is 5.75. The van der Waals surface area contributed by atoms with Gasteiger partial charge in [-0.1, -0.05) is 6.92 Å². The summed E-state index contributed by atoms with van der Waals surface area (Å²) < 4.78 is 15.9. The van der Waals surface area contributed by atoms with Crippen LogP contribution < -0.4 is 9.47 Å². The molecule has 0 aliphatic rings. The minimum atomic E-state index is 0.150. The molecule has 0 fully saturated rings. The monoisotopic (exact) mass is 237 g/mol. The van der Waals surface area contributed by atoms with Gasteiger partial charge < -0.3 is 14.2 Å². The SMILES string of the molecule is CCCOc1cc(C(=N)OCC)ccc1OC. The largest absolute Gasteiger partial charge is 0.493 e. The van der Waals surface area contributed by atoms with Gasteiger partial charge in [0.1, 0.15) is 0 Å². The van der Waals surface area contributed by atoms with Gasteiger partial charge in [0.25, 0.3) is 0 Å². The molecule has 0 atom stereocenters. The van der Waals surface area contributed by atoms with Gasteiger partial charge in [-0.15, -0.1) is 0 Å². The predicted octanol–water partition coefficient (Wildman–Crippen LogP) is 2.85. The van der Waals surface area contributed by atoms with E-state index in [1.54, 1.807) is 25.3 Å². The van der Waals surface area contributed by atoms with E-state index >= 15 is 0 Å². The van der Waals surface area contributed by atoms with Crippen molar-refractivity contribution in [2.45, 2.75) is 20.3 Å². The maximum Gasteiger partial charge on any atom is 0.213 e. The molecule has 1 rings (SSSR count). The number of benzene rings is 1. The predicted molar refractivity (Wildman–Crippen MR) is 67.2 cm³/mol. The summed E-state index contributed by atoms with van der Waals surface area (Å²) in [4.78, 5) is 0. The Morgan fingerprint density at radius 3 is 2.59 bits per heavy atom. The van der Waals surface area contributed by atoms with E-state index in [1.165, 1.54) is 0 Å². The zero-order chi connectivity index (χ0) is 12.7. The molecule has 0 saturated heterocycles. The molecule has 0 aliphatic heterocycles. The van der Waals surface area contributed by atoms with Gasteiger partial charge >= 0.3 is 0 Å². The number of hydrogen-bond donors (Lipinski definition) is 1. The lowest BCUT2D eigenvalue weighted by atomic mass is 10.2. The molecule has 4 heteroatoms. The Labute approximate surface area is 102 Å². The molecular weight excluding hydrogens is 218 g/mol. The number of hydrogen-bond acceptors (Lipinski definition) is 4. The van der Waals surface area contributed by atoms with E-state index in [-0.39, 0.29) is 5.90 Å². The molecule has 0 aliphatic carbocycles. The second-order valence-corrected chi connectivity index (χ2v) is 3.48. The van der Waals surface area contributed by atoms with Crippen LogP contribution in [0.1, 0.15) is 25.8 Å². The fourth-order valence-electron chi connectivity index (χ4n) is 1.37. The molecule has 0 amide bonds. The third-order valence-electron chi connectivity index (χ3n) is 2.18. The number of methoxy groups -OCH3 is 1. The lowest BCUT2D eigenvalue weighted by molar-refractivity contribution is 0.293. The highest BCUT2D eigenvalue weighted by Gasteiger charge is 2.09. The number of ether oxygens (including phenoxy) is 3. The third kappa shape index (κ3) is 3.66. The molecule has 1 aromatic rings. The van der Waals surface area contributed by atoms with E-state index in [0.29, 0.717) is 30.3 Å². The Morgan fingerprint density at radius 2 is 2.00 bits per heavy atom. The van der Waals surface area contributed by atoms with E-state index < -0.39 is 0 Å². The van der Waals surface area contributed by atoms with Crippen molar-refractivity contribution in [1.82, 2.24) is 0 Å². The summed E-state index contributed by atoms with van der Waals surface area (Å²) in [6, 6.07) is 5.34. The summed E-state index contributed by atoms with van der Waals surface area (Å²) in [5.41, 5.74) is 0.693. The van der Waals surface area contributed by atoms with Gasteiger partial charge in [0, 0.05) is 5.56 Å². The fraction of sp³-hybridized carbons (Fsp3) is 0.462. The van der Waals surface area contributed by atoms with Crippen LogP contribution in [0.5, 0.6) is 11.5 Å². The van der Waals surface area contributed by atoms with E-state index in [4.69, 9.17) is 19.6 Å². The second kappa shape index (κ2) is 6.78. The van der Waals surface area contributed by atoms with Gasteiger partial charge in [-0.05, 0) is 31.5 Å². The first-order valence-corrected chi connectivity index (χ1v) is 5.75. The Balaban J connectivity index is 2.91. The Morgan fingerprint density at radius 1 is 1.24 bits per heavy atom. The van der Waals surface area contributed by atoms with Crippen LogP contribution in [0.3, 0.4) is 0 Å². The molecule has 0 unspecified atom stereocenters. The standard InChI is InChI=1S/C13H19NO3/c1-4-8-17-12-9-10(13(14)16-5-2)6-7-11(12)15-3/h6-7,9,14H,4-5,8H2,1-3H3. The van der Waals surface area contributed by atoms with Crippen LogP contribution in [0, 0.1) is 5.41 Å². The Hall–Kier alpha value is -1.71. The van der Waals surface area contributed by atoms with Crippen LogP contribution in [-0.4, -0.2) is 26.2 Å². The molecule has 94 valence electrons. The van der Waals surface area contributed by atoms with Crippen molar-refractivity contribution in [2.75, 3.05) is 20.3 Å². The fourth-order valence-corrected chi connectivity index (χ4v) is 1.37. The van der Waals surface area contributed by atoms with Gasteiger partial charge in [-0.25, -0.2) is 0 Å². The molecule has 0 spiro atoms. The van der Waals surface area contributed by atoms with E-state index in [1.807, 2.05) is 13.8 Å². The molecule has 0 radical (unpaired) electrons.